The molecule has 8 nitrogen and oxygen atoms in total. The molecule has 0 saturated heterocycles. The SMILES string of the molecule is CC[C@@H](CO)CC(=O)[C@@H]1C=C2c3cccc4c3c(cn4C)C[C@H]2N(C)C1.O=C(O)/C=C\C(=O)O. The van der Waals surface area contributed by atoms with Crippen LogP contribution in [0.15, 0.2) is 42.6 Å². The van der Waals surface area contributed by atoms with Crippen LogP contribution in [0.25, 0.3) is 16.5 Å². The molecule has 2 heterocycles. The van der Waals surface area contributed by atoms with Crippen LogP contribution in [0.4, 0.5) is 0 Å². The van der Waals surface area contributed by atoms with Crippen LogP contribution in [0.5, 0.6) is 0 Å². The first-order valence-corrected chi connectivity index (χ1v) is 11.4. The Kier molecular flexibility index (Phi) is 8.06. The van der Waals surface area contributed by atoms with Gasteiger partial charge in [-0.05, 0) is 42.2 Å². The third kappa shape index (κ3) is 5.46. The smallest absolute Gasteiger partial charge is 0.328 e. The van der Waals surface area contributed by atoms with Gasteiger partial charge >= 0.3 is 11.9 Å². The van der Waals surface area contributed by atoms with Crippen molar-refractivity contribution in [2.24, 2.45) is 18.9 Å². The molecule has 0 spiro atoms. The van der Waals surface area contributed by atoms with Crippen LogP contribution in [0.2, 0.25) is 0 Å². The van der Waals surface area contributed by atoms with Gasteiger partial charge in [-0.1, -0.05) is 31.6 Å². The van der Waals surface area contributed by atoms with Crippen molar-refractivity contribution >= 4 is 34.2 Å². The minimum atomic E-state index is -1.26. The van der Waals surface area contributed by atoms with Crippen LogP contribution in [0.1, 0.15) is 30.9 Å². The van der Waals surface area contributed by atoms with E-state index < -0.39 is 11.9 Å². The lowest BCUT2D eigenvalue weighted by molar-refractivity contribution is -0.134. The number of fused-ring (bicyclic) bond motifs is 2. The van der Waals surface area contributed by atoms with Crippen LogP contribution >= 0.6 is 0 Å². The van der Waals surface area contributed by atoms with Crippen molar-refractivity contribution in [3.63, 3.8) is 0 Å². The Morgan fingerprint density at radius 2 is 1.82 bits per heavy atom. The van der Waals surface area contributed by atoms with Crippen molar-refractivity contribution in [3.8, 4) is 0 Å². The molecule has 1 aromatic heterocycles. The summed E-state index contributed by atoms with van der Waals surface area (Å²) < 4.78 is 2.21. The number of Topliss-reactive ketones (excluding diaryl/α,β-unsaturated/α-hetero) is 1. The van der Waals surface area contributed by atoms with E-state index in [2.05, 4.69) is 54.0 Å². The summed E-state index contributed by atoms with van der Waals surface area (Å²) in [5, 5.41) is 26.4. The Bertz CT molecular complexity index is 1130. The number of carboxylic acids is 2. The maximum absolute atomic E-state index is 12.9. The van der Waals surface area contributed by atoms with E-state index in [0.717, 1.165) is 19.4 Å². The molecule has 3 atom stereocenters. The number of carbonyl (C=O) groups excluding carboxylic acids is 1. The summed E-state index contributed by atoms with van der Waals surface area (Å²) >= 11 is 0. The van der Waals surface area contributed by atoms with Gasteiger partial charge in [-0.15, -0.1) is 0 Å². The Morgan fingerprint density at radius 1 is 1.15 bits per heavy atom. The summed E-state index contributed by atoms with van der Waals surface area (Å²) in [7, 11) is 4.24. The quantitative estimate of drug-likeness (QED) is 0.535. The number of ketones is 1. The normalized spacial score (nSPS) is 20.3. The highest BCUT2D eigenvalue weighted by Crippen LogP contribution is 2.41. The summed E-state index contributed by atoms with van der Waals surface area (Å²) in [4.78, 5) is 34.3. The zero-order valence-corrected chi connectivity index (χ0v) is 19.8. The predicted octanol–water partition coefficient (Wildman–Crippen LogP) is 2.74. The number of aliphatic hydroxyl groups excluding tert-OH is 1. The summed E-state index contributed by atoms with van der Waals surface area (Å²) in [6.45, 7) is 2.90. The van der Waals surface area contributed by atoms with Crippen molar-refractivity contribution in [3.05, 3.63) is 53.8 Å². The first-order valence-electron chi connectivity index (χ1n) is 11.4. The number of aryl methyl sites for hydroxylation is 1. The fourth-order valence-corrected chi connectivity index (χ4v) is 4.84. The molecule has 0 radical (unpaired) electrons. The monoisotopic (exact) mass is 468 g/mol. The summed E-state index contributed by atoms with van der Waals surface area (Å²) in [6.07, 6.45) is 7.92. The minimum Gasteiger partial charge on any atom is -0.478 e. The van der Waals surface area contributed by atoms with Gasteiger partial charge in [0.2, 0.25) is 0 Å². The molecule has 1 aliphatic carbocycles. The second kappa shape index (κ2) is 10.8. The molecule has 0 amide bonds. The molecule has 0 unspecified atom stereocenters. The van der Waals surface area contributed by atoms with Crippen LogP contribution in [-0.2, 0) is 27.9 Å². The Labute approximate surface area is 198 Å². The lowest BCUT2D eigenvalue weighted by Gasteiger charge is -2.39. The van der Waals surface area contributed by atoms with E-state index in [1.807, 2.05) is 6.92 Å². The first-order chi connectivity index (χ1) is 16.2. The molecule has 0 bridgehead atoms. The molecule has 0 fully saturated rings. The van der Waals surface area contributed by atoms with Gasteiger partial charge in [0.25, 0.3) is 0 Å². The Balaban J connectivity index is 0.000000350. The van der Waals surface area contributed by atoms with Crippen molar-refractivity contribution in [2.45, 2.75) is 32.2 Å². The lowest BCUT2D eigenvalue weighted by Crippen LogP contribution is -2.44. The van der Waals surface area contributed by atoms with Gasteiger partial charge in [0.15, 0.2) is 0 Å². The number of rotatable bonds is 7. The molecule has 1 aliphatic heterocycles. The molecule has 2 aromatic rings. The third-order valence-corrected chi connectivity index (χ3v) is 6.68. The number of carboxylic acid groups (broad SMARTS) is 2. The third-order valence-electron chi connectivity index (χ3n) is 6.68. The highest BCUT2D eigenvalue weighted by Gasteiger charge is 2.36. The average molecular weight is 469 g/mol. The average Bonchev–Trinajstić information content (AvgIpc) is 3.13. The van der Waals surface area contributed by atoms with Crippen LogP contribution in [-0.4, -0.2) is 68.7 Å². The Hall–Kier alpha value is -3.23. The number of carbonyl (C=O) groups is 3. The molecule has 8 heteroatoms. The highest BCUT2D eigenvalue weighted by atomic mass is 16.4. The van der Waals surface area contributed by atoms with Gasteiger partial charge in [0.05, 0.1) is 0 Å². The zero-order valence-electron chi connectivity index (χ0n) is 19.8. The topological polar surface area (TPSA) is 120 Å². The molecular weight excluding hydrogens is 436 g/mol. The number of hydrogen-bond acceptors (Lipinski definition) is 5. The standard InChI is InChI=1S/C22H28N2O2.C4H4O4/c1-4-14(13-25)8-21(26)15-9-18-17-6-5-7-19-22(17)16(12-23(19)2)10-20(18)24(3)11-15;5-3(6)1-2-4(7)8/h5-7,9,12,14-15,20,25H,4,8,10-11,13H2,1-3H3;1-2H,(H,5,6)(H,7,8)/b;2-1-/t14-,15-,20-;/m1./s1. The summed E-state index contributed by atoms with van der Waals surface area (Å²) in [6, 6.07) is 6.84. The lowest BCUT2D eigenvalue weighted by atomic mass is 9.78. The zero-order chi connectivity index (χ0) is 25.0. The predicted molar refractivity (Wildman–Crippen MR) is 129 cm³/mol. The summed E-state index contributed by atoms with van der Waals surface area (Å²) in [5.74, 6) is -2.25. The fraction of sp³-hybridized carbons (Fsp3) is 0.423. The van der Waals surface area contributed by atoms with Crippen LogP contribution in [0.3, 0.4) is 0 Å². The molecule has 34 heavy (non-hydrogen) atoms. The molecular formula is C26H32N2O6. The molecule has 182 valence electrons. The second-order valence-electron chi connectivity index (χ2n) is 8.99. The molecule has 0 saturated carbocycles. The van der Waals surface area contributed by atoms with E-state index >= 15 is 0 Å². The summed E-state index contributed by atoms with van der Waals surface area (Å²) in [5.41, 5.74) is 5.26. The van der Waals surface area contributed by atoms with Gasteiger partial charge in [-0.3, -0.25) is 9.69 Å². The highest BCUT2D eigenvalue weighted by molar-refractivity contribution is 6.00. The number of aliphatic carboxylic acids is 2. The number of hydrogen-bond donors (Lipinski definition) is 3. The van der Waals surface area contributed by atoms with E-state index in [0.29, 0.717) is 24.6 Å². The van der Waals surface area contributed by atoms with Gasteiger partial charge in [-0.25, -0.2) is 9.59 Å². The molecule has 1 aromatic carbocycles. The maximum atomic E-state index is 12.9. The van der Waals surface area contributed by atoms with E-state index in [1.165, 1.54) is 27.6 Å². The van der Waals surface area contributed by atoms with Gasteiger partial charge < -0.3 is 19.9 Å². The molecule has 2 aliphatic rings. The van der Waals surface area contributed by atoms with E-state index in [9.17, 15) is 19.5 Å². The first kappa shape index (κ1) is 25.4. The Morgan fingerprint density at radius 3 is 2.41 bits per heavy atom. The van der Waals surface area contributed by atoms with Crippen molar-refractivity contribution in [2.75, 3.05) is 20.2 Å². The van der Waals surface area contributed by atoms with Crippen molar-refractivity contribution < 1.29 is 29.7 Å². The maximum Gasteiger partial charge on any atom is 0.328 e. The van der Waals surface area contributed by atoms with Crippen LogP contribution < -0.4 is 0 Å². The second-order valence-corrected chi connectivity index (χ2v) is 8.99. The van der Waals surface area contributed by atoms with Crippen molar-refractivity contribution in [1.82, 2.24) is 9.47 Å². The molecule has 3 N–H and O–H groups in total. The number of aromatic nitrogens is 1. The minimum absolute atomic E-state index is 0.0765. The number of likely N-dealkylation sites (N-methyl/N-ethyl adjacent to an activating group) is 1. The van der Waals surface area contributed by atoms with Crippen LogP contribution in [0, 0.1) is 11.8 Å². The van der Waals surface area contributed by atoms with Crippen molar-refractivity contribution in [1.29, 1.82) is 0 Å². The number of nitrogens with zero attached hydrogens (tertiary/aromatic N) is 2. The molecule has 4 rings (SSSR count). The number of aliphatic hydroxyl groups is 1. The largest absolute Gasteiger partial charge is 0.478 e. The van der Waals surface area contributed by atoms with E-state index in [-0.39, 0.29) is 24.2 Å². The van der Waals surface area contributed by atoms with Gasteiger partial charge in [-0.2, -0.15) is 0 Å². The fourth-order valence-electron chi connectivity index (χ4n) is 4.84. The number of benzene rings is 1. The van der Waals surface area contributed by atoms with E-state index in [1.54, 1.807) is 0 Å². The van der Waals surface area contributed by atoms with Gasteiger partial charge in [0.1, 0.15) is 5.78 Å². The van der Waals surface area contributed by atoms with Gasteiger partial charge in [0, 0.05) is 67.8 Å². The van der Waals surface area contributed by atoms with E-state index in [4.69, 9.17) is 10.2 Å².